The van der Waals surface area contributed by atoms with Crippen LogP contribution in [0.25, 0.3) is 0 Å². The van der Waals surface area contributed by atoms with Gasteiger partial charge in [0.1, 0.15) is 0 Å². The first-order valence-electron chi connectivity index (χ1n) is 18.1. The second-order valence-corrected chi connectivity index (χ2v) is 12.5. The number of hydrogen-bond donors (Lipinski definition) is 0. The molecule has 0 fully saturated rings. The van der Waals surface area contributed by atoms with E-state index in [4.69, 9.17) is 9.47 Å². The third-order valence-electron chi connectivity index (χ3n) is 8.76. The summed E-state index contributed by atoms with van der Waals surface area (Å²) in [4.78, 5) is 24.2. The van der Waals surface area contributed by atoms with Crippen LogP contribution in [0.15, 0.2) is 60.7 Å². The SMILES string of the molecule is CCCCCCOC(=O)CCCCCCC(c1ccccc1)C(CCCCCCC(=O)OCCCCCC)c1ccccc1. The van der Waals surface area contributed by atoms with Crippen molar-refractivity contribution in [3.63, 3.8) is 0 Å². The van der Waals surface area contributed by atoms with Crippen molar-refractivity contribution in [2.45, 2.75) is 154 Å². The standard InChI is InChI=1S/C40H62O4/c1-3-5-7-23-33-43-39(41)31-21-11-9-19-29-37(35-25-15-13-16-26-35)38(36-27-17-14-18-28-36)30-20-10-12-22-32-40(42)44-34-24-8-6-4-2/h13-18,25-28,37-38H,3-12,19-24,29-34H2,1-2H3. The molecule has 0 bridgehead atoms. The molecule has 4 heteroatoms. The molecular weight excluding hydrogens is 544 g/mol. The van der Waals surface area contributed by atoms with Gasteiger partial charge in [-0.05, 0) is 61.5 Å². The Morgan fingerprint density at radius 2 is 0.841 bits per heavy atom. The zero-order chi connectivity index (χ0) is 31.5. The fourth-order valence-corrected chi connectivity index (χ4v) is 6.15. The normalized spacial score (nSPS) is 12.5. The maximum Gasteiger partial charge on any atom is 0.305 e. The quantitative estimate of drug-likeness (QED) is 0.0750. The summed E-state index contributed by atoms with van der Waals surface area (Å²) in [6.45, 7) is 5.53. The Hall–Kier alpha value is -2.62. The lowest BCUT2D eigenvalue weighted by atomic mass is 9.76. The van der Waals surface area contributed by atoms with Crippen LogP contribution in [0.3, 0.4) is 0 Å². The topological polar surface area (TPSA) is 52.6 Å². The fourth-order valence-electron chi connectivity index (χ4n) is 6.15. The number of benzene rings is 2. The van der Waals surface area contributed by atoms with Gasteiger partial charge in [0, 0.05) is 12.8 Å². The first kappa shape index (κ1) is 37.6. The highest BCUT2D eigenvalue weighted by atomic mass is 16.5. The van der Waals surface area contributed by atoms with Crippen molar-refractivity contribution in [1.29, 1.82) is 0 Å². The Balaban J connectivity index is 1.81. The van der Waals surface area contributed by atoms with Gasteiger partial charge in [0.2, 0.25) is 0 Å². The zero-order valence-corrected chi connectivity index (χ0v) is 28.1. The maximum absolute atomic E-state index is 12.1. The molecule has 0 saturated heterocycles. The Bertz CT molecular complexity index is 878. The molecule has 0 amide bonds. The van der Waals surface area contributed by atoms with E-state index in [1.54, 1.807) is 0 Å². The second kappa shape index (κ2) is 25.7. The Morgan fingerprint density at radius 3 is 1.23 bits per heavy atom. The number of hydrogen-bond acceptors (Lipinski definition) is 4. The highest BCUT2D eigenvalue weighted by Gasteiger charge is 2.24. The minimum absolute atomic E-state index is 0.0351. The summed E-state index contributed by atoms with van der Waals surface area (Å²) in [6, 6.07) is 22.1. The van der Waals surface area contributed by atoms with Crippen LogP contribution in [0, 0.1) is 0 Å². The minimum atomic E-state index is -0.0351. The lowest BCUT2D eigenvalue weighted by Gasteiger charge is -2.29. The van der Waals surface area contributed by atoms with Crippen LogP contribution in [0.1, 0.15) is 165 Å². The second-order valence-electron chi connectivity index (χ2n) is 12.5. The highest BCUT2D eigenvalue weighted by Crippen LogP contribution is 2.40. The van der Waals surface area contributed by atoms with Crippen molar-refractivity contribution >= 4 is 11.9 Å². The molecule has 0 saturated carbocycles. The largest absolute Gasteiger partial charge is 0.466 e. The lowest BCUT2D eigenvalue weighted by molar-refractivity contribution is -0.144. The third-order valence-corrected chi connectivity index (χ3v) is 8.76. The molecule has 0 radical (unpaired) electrons. The smallest absolute Gasteiger partial charge is 0.305 e. The van der Waals surface area contributed by atoms with Crippen LogP contribution in [0.2, 0.25) is 0 Å². The van der Waals surface area contributed by atoms with Gasteiger partial charge in [-0.15, -0.1) is 0 Å². The maximum atomic E-state index is 12.1. The van der Waals surface area contributed by atoms with Gasteiger partial charge < -0.3 is 9.47 Å². The van der Waals surface area contributed by atoms with Gasteiger partial charge in [-0.3, -0.25) is 9.59 Å². The summed E-state index contributed by atoms with van der Waals surface area (Å²) in [5, 5.41) is 0. The van der Waals surface area contributed by atoms with Crippen molar-refractivity contribution in [1.82, 2.24) is 0 Å². The van der Waals surface area contributed by atoms with Gasteiger partial charge in [0.15, 0.2) is 0 Å². The van der Waals surface area contributed by atoms with E-state index in [0.29, 0.717) is 37.9 Å². The van der Waals surface area contributed by atoms with Crippen molar-refractivity contribution in [2.24, 2.45) is 0 Å². The fraction of sp³-hybridized carbons (Fsp3) is 0.650. The number of unbranched alkanes of at least 4 members (excludes halogenated alkanes) is 12. The van der Waals surface area contributed by atoms with Crippen LogP contribution < -0.4 is 0 Å². The van der Waals surface area contributed by atoms with Gasteiger partial charge in [0.25, 0.3) is 0 Å². The molecule has 2 aromatic carbocycles. The first-order chi connectivity index (χ1) is 21.7. The molecule has 0 aliphatic rings. The molecule has 2 unspecified atom stereocenters. The number of ether oxygens (including phenoxy) is 2. The number of rotatable bonds is 27. The van der Waals surface area contributed by atoms with Crippen molar-refractivity contribution < 1.29 is 19.1 Å². The van der Waals surface area contributed by atoms with E-state index in [9.17, 15) is 9.59 Å². The first-order valence-corrected chi connectivity index (χ1v) is 18.1. The highest BCUT2D eigenvalue weighted by molar-refractivity contribution is 5.69. The summed E-state index contributed by atoms with van der Waals surface area (Å²) in [7, 11) is 0. The van der Waals surface area contributed by atoms with Crippen LogP contribution >= 0.6 is 0 Å². The van der Waals surface area contributed by atoms with E-state index >= 15 is 0 Å². The van der Waals surface area contributed by atoms with Crippen LogP contribution in [0.4, 0.5) is 0 Å². The number of carbonyl (C=O) groups excluding carboxylic acids is 2. The van der Waals surface area contributed by atoms with Gasteiger partial charge in [-0.25, -0.2) is 0 Å². The van der Waals surface area contributed by atoms with Crippen molar-refractivity contribution in [3.05, 3.63) is 71.8 Å². The molecule has 0 spiro atoms. The minimum Gasteiger partial charge on any atom is -0.466 e. The molecular formula is C40H62O4. The summed E-state index contributed by atoms with van der Waals surface area (Å²) < 4.78 is 10.8. The predicted molar refractivity (Wildman–Crippen MR) is 184 cm³/mol. The molecule has 0 heterocycles. The zero-order valence-electron chi connectivity index (χ0n) is 28.1. The van der Waals surface area contributed by atoms with E-state index in [2.05, 4.69) is 74.5 Å². The third kappa shape index (κ3) is 17.6. The van der Waals surface area contributed by atoms with Gasteiger partial charge >= 0.3 is 11.9 Å². The van der Waals surface area contributed by atoms with Gasteiger partial charge in [0.05, 0.1) is 13.2 Å². The molecule has 0 aliphatic carbocycles. The number of esters is 2. The summed E-state index contributed by atoms with van der Waals surface area (Å²) in [5.74, 6) is 0.864. The molecule has 2 rings (SSSR count). The predicted octanol–water partition coefficient (Wildman–Crippen LogP) is 11.5. The summed E-state index contributed by atoms with van der Waals surface area (Å²) in [5.41, 5.74) is 2.85. The van der Waals surface area contributed by atoms with E-state index in [1.165, 1.54) is 36.8 Å². The van der Waals surface area contributed by atoms with Gasteiger partial charge in [-0.2, -0.15) is 0 Å². The summed E-state index contributed by atoms with van der Waals surface area (Å²) >= 11 is 0. The Morgan fingerprint density at radius 1 is 0.477 bits per heavy atom. The molecule has 0 aromatic heterocycles. The van der Waals surface area contributed by atoms with E-state index in [-0.39, 0.29) is 11.9 Å². The molecule has 2 atom stereocenters. The van der Waals surface area contributed by atoms with Crippen LogP contribution in [-0.4, -0.2) is 25.2 Å². The Kier molecular flexibility index (Phi) is 21.9. The molecule has 0 N–H and O–H groups in total. The molecule has 246 valence electrons. The van der Waals surface area contributed by atoms with Crippen molar-refractivity contribution in [2.75, 3.05) is 13.2 Å². The van der Waals surface area contributed by atoms with Crippen LogP contribution in [-0.2, 0) is 19.1 Å². The summed E-state index contributed by atoms with van der Waals surface area (Å²) in [6.07, 6.45) is 21.0. The lowest BCUT2D eigenvalue weighted by Crippen LogP contribution is -2.12. The van der Waals surface area contributed by atoms with E-state index < -0.39 is 0 Å². The van der Waals surface area contributed by atoms with E-state index in [0.717, 1.165) is 89.9 Å². The van der Waals surface area contributed by atoms with Crippen LogP contribution in [0.5, 0.6) is 0 Å². The van der Waals surface area contributed by atoms with E-state index in [1.807, 2.05) is 0 Å². The van der Waals surface area contributed by atoms with Gasteiger partial charge in [-0.1, -0.05) is 152 Å². The Labute approximate surface area is 269 Å². The molecule has 44 heavy (non-hydrogen) atoms. The molecule has 4 nitrogen and oxygen atoms in total. The average molecular weight is 607 g/mol. The average Bonchev–Trinajstić information content (AvgIpc) is 3.05. The molecule has 2 aromatic rings. The number of carbonyl (C=O) groups is 2. The molecule has 0 aliphatic heterocycles. The van der Waals surface area contributed by atoms with Crippen molar-refractivity contribution in [3.8, 4) is 0 Å². The monoisotopic (exact) mass is 606 g/mol.